The van der Waals surface area contributed by atoms with Crippen molar-refractivity contribution in [1.82, 2.24) is 0 Å². The van der Waals surface area contributed by atoms with Crippen molar-refractivity contribution < 1.29 is 89.7 Å². The zero-order valence-corrected chi connectivity index (χ0v) is 21.5. The molecule has 0 amide bonds. The summed E-state index contributed by atoms with van der Waals surface area (Å²) >= 11 is 0. The smallest absolute Gasteiger partial charge is 0.187 e. The summed E-state index contributed by atoms with van der Waals surface area (Å²) in [6.45, 7) is -1.74. The van der Waals surface area contributed by atoms with E-state index in [0.29, 0.717) is 0 Å². The largest absolute Gasteiger partial charge is 0.394 e. The maximum absolute atomic E-state index is 10.8. The van der Waals surface area contributed by atoms with E-state index >= 15 is 0 Å². The fourth-order valence-corrected chi connectivity index (χ4v) is 4.67. The fraction of sp³-hybridized carbons (Fsp3) is 1.00. The minimum absolute atomic E-state index is 0.726. The summed E-state index contributed by atoms with van der Waals surface area (Å²) in [4.78, 5) is 0. The van der Waals surface area contributed by atoms with Crippen LogP contribution in [0.15, 0.2) is 0 Å². The van der Waals surface area contributed by atoms with Crippen LogP contribution in [0.2, 0.25) is 0 Å². The molecule has 3 heterocycles. The highest BCUT2D eigenvalue weighted by atomic mass is 16.8. The second-order valence-corrected chi connectivity index (χ2v) is 9.90. The van der Waals surface area contributed by atoms with Crippen LogP contribution in [0.3, 0.4) is 0 Å². The third-order valence-corrected chi connectivity index (χ3v) is 7.13. The lowest BCUT2D eigenvalue weighted by atomic mass is 9.96. The molecule has 0 spiro atoms. The predicted molar refractivity (Wildman–Crippen MR) is 123 cm³/mol. The van der Waals surface area contributed by atoms with Crippen molar-refractivity contribution in [3.8, 4) is 0 Å². The van der Waals surface area contributed by atoms with E-state index in [0.717, 1.165) is 0 Å². The SMILES string of the molecule is C[C@@H]1O[C@@H](O[C@@H]2[C@@H](O)[C@H](O[C@@H](CO)[C@@H](O)CO)O[C@H](CO)[C@H]2O)[C@H](O)[C@H](O)[C@H]1O[C@@H]1O[C@H](CO)[C@@H](O)[C@H](O)[C@H]1O. The lowest BCUT2D eigenvalue weighted by Gasteiger charge is -2.48. The Morgan fingerprint density at radius 1 is 0.575 bits per heavy atom. The second-order valence-electron chi connectivity index (χ2n) is 9.90. The number of hydrogen-bond donors (Lipinski definition) is 12. The van der Waals surface area contributed by atoms with Crippen LogP contribution in [0.1, 0.15) is 6.92 Å². The van der Waals surface area contributed by atoms with Gasteiger partial charge >= 0.3 is 0 Å². The van der Waals surface area contributed by atoms with Gasteiger partial charge in [0, 0.05) is 0 Å². The Bertz CT molecular complexity index is 761. The molecule has 3 rings (SSSR count). The zero-order chi connectivity index (χ0) is 29.9. The normalized spacial score (nSPS) is 48.1. The third kappa shape index (κ3) is 7.08. The molecular formula is C22H40O18. The summed E-state index contributed by atoms with van der Waals surface area (Å²) < 4.78 is 32.6. The highest BCUT2D eigenvalue weighted by molar-refractivity contribution is 4.96. The Morgan fingerprint density at radius 3 is 1.68 bits per heavy atom. The van der Waals surface area contributed by atoms with Gasteiger partial charge in [-0.05, 0) is 6.92 Å². The molecule has 17 atom stereocenters. The van der Waals surface area contributed by atoms with Crippen molar-refractivity contribution in [2.45, 2.75) is 111 Å². The lowest BCUT2D eigenvalue weighted by Crippen LogP contribution is -2.66. The Morgan fingerprint density at radius 2 is 1.10 bits per heavy atom. The minimum atomic E-state index is -1.90. The molecule has 0 unspecified atom stereocenters. The van der Waals surface area contributed by atoms with Crippen molar-refractivity contribution in [3.63, 3.8) is 0 Å². The van der Waals surface area contributed by atoms with Gasteiger partial charge in [-0.25, -0.2) is 0 Å². The number of hydrogen-bond acceptors (Lipinski definition) is 18. The average molecular weight is 593 g/mol. The molecule has 3 fully saturated rings. The first kappa shape index (κ1) is 33.8. The van der Waals surface area contributed by atoms with Crippen LogP contribution >= 0.6 is 0 Å². The maximum Gasteiger partial charge on any atom is 0.187 e. The number of ether oxygens (including phenoxy) is 6. The molecule has 3 aliphatic rings. The van der Waals surface area contributed by atoms with E-state index in [1.807, 2.05) is 0 Å². The molecule has 12 N–H and O–H groups in total. The van der Waals surface area contributed by atoms with Gasteiger partial charge in [-0.1, -0.05) is 0 Å². The fourth-order valence-electron chi connectivity index (χ4n) is 4.67. The van der Waals surface area contributed by atoms with Crippen molar-refractivity contribution in [2.75, 3.05) is 26.4 Å². The maximum atomic E-state index is 10.8. The zero-order valence-electron chi connectivity index (χ0n) is 21.5. The molecule has 236 valence electrons. The third-order valence-electron chi connectivity index (χ3n) is 7.13. The van der Waals surface area contributed by atoms with E-state index in [1.54, 1.807) is 0 Å². The summed E-state index contributed by atoms with van der Waals surface area (Å²) in [5.74, 6) is 0. The molecule has 0 aliphatic carbocycles. The standard InChI is InChI=1S/C22H40O18/c1-6-18(39-21-15(32)13(30)11(28)9(4-25)37-21)14(31)16(33)20(35-6)40-19-12(29)10(5-26)38-22(17(19)34)36-8(3-24)7(27)2-23/h6-34H,2-5H2,1H3/t6-,7-,8-,9+,10+,11+,12+,13-,14-,15+,16+,17+,18-,19-,20-,21-,22+/m0/s1. The Balaban J connectivity index is 1.70. The van der Waals surface area contributed by atoms with Gasteiger partial charge in [0.05, 0.1) is 32.5 Å². The molecule has 0 aromatic heterocycles. The second kappa shape index (κ2) is 14.6. The Labute approximate surface area is 228 Å². The molecule has 0 aromatic rings. The van der Waals surface area contributed by atoms with Crippen LogP contribution in [0.5, 0.6) is 0 Å². The summed E-state index contributed by atoms with van der Waals surface area (Å²) in [6, 6.07) is 0. The summed E-state index contributed by atoms with van der Waals surface area (Å²) in [5, 5.41) is 120. The molecule has 18 heteroatoms. The highest BCUT2D eigenvalue weighted by Gasteiger charge is 2.53. The van der Waals surface area contributed by atoms with Gasteiger partial charge in [-0.15, -0.1) is 0 Å². The van der Waals surface area contributed by atoms with Crippen LogP contribution in [0.4, 0.5) is 0 Å². The quantitative estimate of drug-likeness (QED) is 0.106. The first-order chi connectivity index (χ1) is 18.9. The van der Waals surface area contributed by atoms with Gasteiger partial charge in [-0.3, -0.25) is 0 Å². The van der Waals surface area contributed by atoms with Crippen molar-refractivity contribution in [3.05, 3.63) is 0 Å². The highest BCUT2D eigenvalue weighted by Crippen LogP contribution is 2.32. The molecule has 0 saturated carbocycles. The summed E-state index contributed by atoms with van der Waals surface area (Å²) in [6.07, 6.45) is -27.5. The van der Waals surface area contributed by atoms with E-state index in [-0.39, 0.29) is 0 Å². The van der Waals surface area contributed by atoms with Crippen LogP contribution in [0.25, 0.3) is 0 Å². The lowest BCUT2D eigenvalue weighted by molar-refractivity contribution is -0.379. The molecule has 18 nitrogen and oxygen atoms in total. The average Bonchev–Trinajstić information content (AvgIpc) is 2.94. The molecule has 0 bridgehead atoms. The van der Waals surface area contributed by atoms with Gasteiger partial charge in [0.2, 0.25) is 0 Å². The van der Waals surface area contributed by atoms with Gasteiger partial charge in [0.1, 0.15) is 79.4 Å². The van der Waals surface area contributed by atoms with Crippen molar-refractivity contribution in [1.29, 1.82) is 0 Å². The minimum Gasteiger partial charge on any atom is -0.394 e. The van der Waals surface area contributed by atoms with E-state index in [4.69, 9.17) is 33.5 Å². The number of rotatable bonds is 11. The molecule has 40 heavy (non-hydrogen) atoms. The van der Waals surface area contributed by atoms with E-state index in [1.165, 1.54) is 6.92 Å². The molecule has 3 aliphatic heterocycles. The number of aliphatic hydroxyl groups is 12. The van der Waals surface area contributed by atoms with Gasteiger partial charge < -0.3 is 89.7 Å². The molecule has 0 radical (unpaired) electrons. The molecule has 0 aromatic carbocycles. The Kier molecular flexibility index (Phi) is 12.4. The van der Waals surface area contributed by atoms with Crippen LogP contribution in [0, 0.1) is 0 Å². The molecular weight excluding hydrogens is 552 g/mol. The molecule has 3 saturated heterocycles. The first-order valence-corrected chi connectivity index (χ1v) is 12.7. The van der Waals surface area contributed by atoms with Gasteiger partial charge in [0.15, 0.2) is 18.9 Å². The van der Waals surface area contributed by atoms with Crippen LogP contribution in [-0.2, 0) is 28.4 Å². The Hall–Kier alpha value is -0.720. The summed E-state index contributed by atoms with van der Waals surface area (Å²) in [5.41, 5.74) is 0. The summed E-state index contributed by atoms with van der Waals surface area (Å²) in [7, 11) is 0. The van der Waals surface area contributed by atoms with E-state index in [9.17, 15) is 56.2 Å². The number of aliphatic hydroxyl groups excluding tert-OH is 12. The van der Waals surface area contributed by atoms with Crippen molar-refractivity contribution in [2.24, 2.45) is 0 Å². The van der Waals surface area contributed by atoms with Crippen molar-refractivity contribution >= 4 is 0 Å². The van der Waals surface area contributed by atoms with Crippen LogP contribution in [-0.4, -0.2) is 192 Å². The van der Waals surface area contributed by atoms with E-state index < -0.39 is 131 Å². The van der Waals surface area contributed by atoms with Gasteiger partial charge in [0.25, 0.3) is 0 Å². The van der Waals surface area contributed by atoms with Crippen LogP contribution < -0.4 is 0 Å². The first-order valence-electron chi connectivity index (χ1n) is 12.7. The predicted octanol–water partition coefficient (Wildman–Crippen LogP) is -7.81. The topological polar surface area (TPSA) is 298 Å². The van der Waals surface area contributed by atoms with Gasteiger partial charge in [-0.2, -0.15) is 0 Å². The monoisotopic (exact) mass is 592 g/mol. The van der Waals surface area contributed by atoms with E-state index in [2.05, 4.69) is 0 Å².